The van der Waals surface area contributed by atoms with E-state index in [1.54, 1.807) is 32.2 Å². The van der Waals surface area contributed by atoms with Crippen LogP contribution in [0.25, 0.3) is 0 Å². The summed E-state index contributed by atoms with van der Waals surface area (Å²) < 4.78 is 32.9. The van der Waals surface area contributed by atoms with E-state index in [0.717, 1.165) is 5.56 Å². The molecule has 3 rings (SSSR count). The number of benzene rings is 2. The van der Waals surface area contributed by atoms with Gasteiger partial charge < -0.3 is 9.84 Å². The number of nitrogens with zero attached hydrogens (tertiary/aromatic N) is 1. The van der Waals surface area contributed by atoms with Gasteiger partial charge in [-0.3, -0.25) is 0 Å². The maximum Gasteiger partial charge on any atom is 0.243 e. The van der Waals surface area contributed by atoms with Crippen LogP contribution in [0.5, 0.6) is 5.75 Å². The van der Waals surface area contributed by atoms with Gasteiger partial charge in [0.05, 0.1) is 24.2 Å². The van der Waals surface area contributed by atoms with E-state index in [9.17, 15) is 13.5 Å². The van der Waals surface area contributed by atoms with Crippen molar-refractivity contribution in [1.82, 2.24) is 4.31 Å². The lowest BCUT2D eigenvalue weighted by Gasteiger charge is -2.25. The largest absolute Gasteiger partial charge is 0.497 e. The number of hydrogen-bond acceptors (Lipinski definition) is 4. The second kappa shape index (κ2) is 6.55. The van der Waals surface area contributed by atoms with Crippen molar-refractivity contribution in [2.24, 2.45) is 0 Å². The van der Waals surface area contributed by atoms with Crippen molar-refractivity contribution in [2.75, 3.05) is 13.7 Å². The van der Waals surface area contributed by atoms with Gasteiger partial charge in [-0.2, -0.15) is 4.31 Å². The van der Waals surface area contributed by atoms with E-state index in [1.807, 2.05) is 30.3 Å². The average molecular weight is 347 g/mol. The number of methoxy groups -OCH3 is 1. The lowest BCUT2D eigenvalue weighted by atomic mass is 10.0. The molecule has 1 fully saturated rings. The molecule has 24 heavy (non-hydrogen) atoms. The zero-order valence-electron chi connectivity index (χ0n) is 13.7. The SMILES string of the molecule is COc1cccc([C@@H]2C[C@@H](O)CN2S(=O)(=O)c2ccccc2C)c1. The van der Waals surface area contributed by atoms with Crippen LogP contribution < -0.4 is 4.74 Å². The van der Waals surface area contributed by atoms with Gasteiger partial charge in [0, 0.05) is 6.54 Å². The van der Waals surface area contributed by atoms with Gasteiger partial charge in [0.2, 0.25) is 10.0 Å². The highest BCUT2D eigenvalue weighted by atomic mass is 32.2. The Kier molecular flexibility index (Phi) is 4.62. The highest BCUT2D eigenvalue weighted by Crippen LogP contribution is 2.38. The fourth-order valence-electron chi connectivity index (χ4n) is 3.17. The van der Waals surface area contributed by atoms with Gasteiger partial charge in [-0.25, -0.2) is 8.42 Å². The van der Waals surface area contributed by atoms with Crippen LogP contribution >= 0.6 is 0 Å². The van der Waals surface area contributed by atoms with Crippen LogP contribution in [0.3, 0.4) is 0 Å². The molecule has 1 N–H and O–H groups in total. The maximum atomic E-state index is 13.1. The monoisotopic (exact) mass is 347 g/mol. The minimum Gasteiger partial charge on any atom is -0.497 e. The molecule has 1 aliphatic rings. The Bertz CT molecular complexity index is 834. The van der Waals surface area contributed by atoms with Gasteiger partial charge in [0.1, 0.15) is 5.75 Å². The molecule has 128 valence electrons. The number of aryl methyl sites for hydroxylation is 1. The molecular weight excluding hydrogens is 326 g/mol. The number of rotatable bonds is 4. The molecule has 0 radical (unpaired) electrons. The van der Waals surface area contributed by atoms with Gasteiger partial charge in [-0.15, -0.1) is 0 Å². The van der Waals surface area contributed by atoms with E-state index in [0.29, 0.717) is 17.7 Å². The van der Waals surface area contributed by atoms with Crippen molar-refractivity contribution >= 4 is 10.0 Å². The van der Waals surface area contributed by atoms with Crippen molar-refractivity contribution in [1.29, 1.82) is 0 Å². The van der Waals surface area contributed by atoms with Crippen molar-refractivity contribution in [3.63, 3.8) is 0 Å². The van der Waals surface area contributed by atoms with E-state index in [2.05, 4.69) is 0 Å². The molecule has 1 heterocycles. The van der Waals surface area contributed by atoms with Crippen LogP contribution in [0.2, 0.25) is 0 Å². The van der Waals surface area contributed by atoms with Gasteiger partial charge in [-0.1, -0.05) is 30.3 Å². The quantitative estimate of drug-likeness (QED) is 0.923. The first kappa shape index (κ1) is 17.0. The first-order valence-electron chi connectivity index (χ1n) is 7.83. The minimum atomic E-state index is -3.69. The van der Waals surface area contributed by atoms with Gasteiger partial charge in [0.15, 0.2) is 0 Å². The zero-order valence-corrected chi connectivity index (χ0v) is 14.5. The summed E-state index contributed by atoms with van der Waals surface area (Å²) in [5.41, 5.74) is 1.52. The number of β-amino-alcohol motifs (C(OH)–C–C–N with tert-alkyl or cyclic N) is 1. The molecule has 2 atom stereocenters. The standard InChI is InChI=1S/C18H21NO4S/c1-13-6-3-4-9-18(13)24(21,22)19-12-15(20)11-17(19)14-7-5-8-16(10-14)23-2/h3-10,15,17,20H,11-12H2,1-2H3/t15-,17+/m1/s1. The van der Waals surface area contributed by atoms with Gasteiger partial charge in [-0.05, 0) is 42.7 Å². The van der Waals surface area contributed by atoms with E-state index < -0.39 is 22.2 Å². The van der Waals surface area contributed by atoms with Crippen molar-refractivity contribution in [3.05, 3.63) is 59.7 Å². The van der Waals surface area contributed by atoms with Crippen molar-refractivity contribution < 1.29 is 18.3 Å². The highest BCUT2D eigenvalue weighted by molar-refractivity contribution is 7.89. The predicted octanol–water partition coefficient (Wildman–Crippen LogP) is 2.50. The lowest BCUT2D eigenvalue weighted by Crippen LogP contribution is -2.32. The molecule has 2 aromatic carbocycles. The molecule has 0 bridgehead atoms. The Morgan fingerprint density at radius 2 is 1.92 bits per heavy atom. The smallest absolute Gasteiger partial charge is 0.243 e. The summed E-state index contributed by atoms with van der Waals surface area (Å²) in [6.07, 6.45) is -0.307. The Balaban J connectivity index is 2.03. The summed E-state index contributed by atoms with van der Waals surface area (Å²) in [7, 11) is -2.11. The molecule has 0 aromatic heterocycles. The second-order valence-corrected chi connectivity index (χ2v) is 7.88. The number of aliphatic hydroxyl groups is 1. The Hall–Kier alpha value is -1.89. The minimum absolute atomic E-state index is 0.0958. The molecule has 1 saturated heterocycles. The Labute approximate surface area is 142 Å². The third-order valence-corrected chi connectivity index (χ3v) is 6.43. The molecule has 0 unspecified atom stereocenters. The number of aliphatic hydroxyl groups excluding tert-OH is 1. The number of ether oxygens (including phenoxy) is 1. The van der Waals surface area contributed by atoms with Gasteiger partial charge >= 0.3 is 0 Å². The Morgan fingerprint density at radius 3 is 2.62 bits per heavy atom. The summed E-state index contributed by atoms with van der Waals surface area (Å²) in [6, 6.07) is 13.8. The lowest BCUT2D eigenvalue weighted by molar-refractivity contribution is 0.188. The summed E-state index contributed by atoms with van der Waals surface area (Å²) in [5.74, 6) is 0.669. The maximum absolute atomic E-state index is 13.1. The predicted molar refractivity (Wildman–Crippen MR) is 91.4 cm³/mol. The zero-order chi connectivity index (χ0) is 17.3. The second-order valence-electron chi connectivity index (χ2n) is 6.02. The van der Waals surface area contributed by atoms with Crippen LogP contribution in [-0.4, -0.2) is 37.6 Å². The molecule has 2 aromatic rings. The van der Waals surface area contributed by atoms with Gasteiger partial charge in [0.25, 0.3) is 0 Å². The van der Waals surface area contributed by atoms with Crippen molar-refractivity contribution in [3.8, 4) is 5.75 Å². The van der Waals surface area contributed by atoms with E-state index in [4.69, 9.17) is 4.74 Å². The first-order valence-corrected chi connectivity index (χ1v) is 9.27. The summed E-state index contributed by atoms with van der Waals surface area (Å²) >= 11 is 0. The molecule has 0 saturated carbocycles. The molecule has 0 aliphatic carbocycles. The Morgan fingerprint density at radius 1 is 1.17 bits per heavy atom. The molecular formula is C18H21NO4S. The topological polar surface area (TPSA) is 66.8 Å². The van der Waals surface area contributed by atoms with E-state index in [-0.39, 0.29) is 11.4 Å². The number of hydrogen-bond donors (Lipinski definition) is 1. The van der Waals surface area contributed by atoms with Crippen LogP contribution in [0.1, 0.15) is 23.6 Å². The third-order valence-electron chi connectivity index (χ3n) is 4.39. The third kappa shape index (κ3) is 3.05. The summed E-state index contributed by atoms with van der Waals surface area (Å²) in [4.78, 5) is 0.284. The molecule has 0 spiro atoms. The fraction of sp³-hybridized carbons (Fsp3) is 0.333. The first-order chi connectivity index (χ1) is 11.4. The van der Waals surface area contributed by atoms with E-state index in [1.165, 1.54) is 4.31 Å². The molecule has 0 amide bonds. The van der Waals surface area contributed by atoms with Crippen LogP contribution in [0.15, 0.2) is 53.4 Å². The average Bonchev–Trinajstić information content (AvgIpc) is 2.98. The van der Waals surface area contributed by atoms with Crippen LogP contribution in [-0.2, 0) is 10.0 Å². The normalized spacial score (nSPS) is 21.8. The van der Waals surface area contributed by atoms with Crippen LogP contribution in [0.4, 0.5) is 0 Å². The fourth-order valence-corrected chi connectivity index (χ4v) is 5.06. The summed E-state index contributed by atoms with van der Waals surface area (Å²) in [6.45, 7) is 1.87. The highest BCUT2D eigenvalue weighted by Gasteiger charge is 2.40. The molecule has 5 nitrogen and oxygen atoms in total. The van der Waals surface area contributed by atoms with Crippen LogP contribution in [0, 0.1) is 6.92 Å². The molecule has 1 aliphatic heterocycles. The number of sulfonamides is 1. The summed E-state index contributed by atoms with van der Waals surface area (Å²) in [5, 5.41) is 10.1. The van der Waals surface area contributed by atoms with Crippen molar-refractivity contribution in [2.45, 2.75) is 30.4 Å². The van der Waals surface area contributed by atoms with E-state index >= 15 is 0 Å². The molecule has 6 heteroatoms.